The number of nitrogens with zero attached hydrogens (tertiary/aromatic N) is 5. The van der Waals surface area contributed by atoms with Gasteiger partial charge in [-0.15, -0.1) is 0 Å². The fourth-order valence-corrected chi connectivity index (χ4v) is 3.72. The van der Waals surface area contributed by atoms with Gasteiger partial charge in [0.2, 0.25) is 5.91 Å². The molecule has 3 aromatic heterocycles. The Hall–Kier alpha value is -2.84. The molecule has 0 aliphatic carbocycles. The van der Waals surface area contributed by atoms with Crippen LogP contribution < -0.4 is 5.32 Å². The number of imidazole rings is 1. The van der Waals surface area contributed by atoms with Crippen LogP contribution in [0.4, 0.5) is 5.82 Å². The number of methoxy groups -OCH3 is 1. The van der Waals surface area contributed by atoms with Gasteiger partial charge in [-0.25, -0.2) is 9.97 Å². The maximum absolute atomic E-state index is 12.7. The number of likely N-dealkylation sites (tertiary alicyclic amines) is 1. The molecule has 0 unspecified atom stereocenters. The maximum Gasteiger partial charge on any atom is 0.228 e. The van der Waals surface area contributed by atoms with Crippen LogP contribution in [0.25, 0.3) is 22.2 Å². The molecule has 1 amide bonds. The van der Waals surface area contributed by atoms with Gasteiger partial charge < -0.3 is 19.5 Å². The SMILES string of the molecule is COCCN1CCC(C(=O)Nc2cc3cc(-c4cncn4C)ncc3cn2)CC1. The maximum atomic E-state index is 12.7. The van der Waals surface area contributed by atoms with E-state index in [1.54, 1.807) is 32.0 Å². The van der Waals surface area contributed by atoms with Crippen molar-refractivity contribution in [3.05, 3.63) is 37.1 Å². The number of amides is 1. The van der Waals surface area contributed by atoms with E-state index in [9.17, 15) is 4.79 Å². The Balaban J connectivity index is 1.44. The zero-order valence-corrected chi connectivity index (χ0v) is 16.8. The molecule has 4 rings (SSSR count). The number of carbonyl (C=O) groups excluding carboxylic acids is 1. The van der Waals surface area contributed by atoms with E-state index in [-0.39, 0.29) is 11.8 Å². The van der Waals surface area contributed by atoms with Crippen LogP contribution in [0.2, 0.25) is 0 Å². The summed E-state index contributed by atoms with van der Waals surface area (Å²) in [5.74, 6) is 0.643. The molecule has 8 heteroatoms. The van der Waals surface area contributed by atoms with Gasteiger partial charge in [-0.2, -0.15) is 0 Å². The van der Waals surface area contributed by atoms with Crippen LogP contribution in [0, 0.1) is 5.92 Å². The summed E-state index contributed by atoms with van der Waals surface area (Å²) in [6.07, 6.45) is 8.80. The van der Waals surface area contributed by atoms with Gasteiger partial charge in [0, 0.05) is 44.4 Å². The zero-order chi connectivity index (χ0) is 20.2. The van der Waals surface area contributed by atoms with Crippen LogP contribution >= 0.6 is 0 Å². The second-order valence-corrected chi connectivity index (χ2v) is 7.47. The first-order chi connectivity index (χ1) is 14.1. The lowest BCUT2D eigenvalue weighted by Gasteiger charge is -2.30. The number of hydrogen-bond donors (Lipinski definition) is 1. The lowest BCUT2D eigenvalue weighted by atomic mass is 9.96. The molecular weight excluding hydrogens is 368 g/mol. The molecule has 3 aromatic rings. The quantitative estimate of drug-likeness (QED) is 0.691. The Bertz CT molecular complexity index is 994. The van der Waals surface area contributed by atoms with Crippen molar-refractivity contribution in [2.24, 2.45) is 13.0 Å². The number of aryl methyl sites for hydroxylation is 1. The lowest BCUT2D eigenvalue weighted by molar-refractivity contribution is -0.121. The summed E-state index contributed by atoms with van der Waals surface area (Å²) in [6.45, 7) is 3.50. The highest BCUT2D eigenvalue weighted by Gasteiger charge is 2.25. The Kier molecular flexibility index (Phi) is 5.82. The minimum Gasteiger partial charge on any atom is -0.383 e. The van der Waals surface area contributed by atoms with E-state index in [1.807, 2.05) is 23.7 Å². The van der Waals surface area contributed by atoms with E-state index < -0.39 is 0 Å². The molecule has 4 heterocycles. The van der Waals surface area contributed by atoms with Gasteiger partial charge >= 0.3 is 0 Å². The number of nitrogens with one attached hydrogen (secondary N) is 1. The van der Waals surface area contributed by atoms with E-state index in [4.69, 9.17) is 4.74 Å². The number of pyridine rings is 2. The molecule has 1 fully saturated rings. The Morgan fingerprint density at radius 3 is 2.69 bits per heavy atom. The molecule has 0 bridgehead atoms. The van der Waals surface area contributed by atoms with E-state index in [0.29, 0.717) is 5.82 Å². The fourth-order valence-electron chi connectivity index (χ4n) is 3.72. The molecule has 8 nitrogen and oxygen atoms in total. The molecule has 1 aliphatic rings. The van der Waals surface area contributed by atoms with Crippen LogP contribution in [0.1, 0.15) is 12.8 Å². The molecule has 29 heavy (non-hydrogen) atoms. The van der Waals surface area contributed by atoms with Crippen LogP contribution in [0.5, 0.6) is 0 Å². The molecule has 0 saturated carbocycles. The molecular formula is C21H26N6O2. The summed E-state index contributed by atoms with van der Waals surface area (Å²) in [4.78, 5) is 28.1. The molecule has 1 N–H and O–H groups in total. The fraction of sp³-hybridized carbons (Fsp3) is 0.429. The number of carbonyl (C=O) groups is 1. The summed E-state index contributed by atoms with van der Waals surface area (Å²) in [7, 11) is 3.65. The first kappa shape index (κ1) is 19.5. The van der Waals surface area contributed by atoms with Crippen LogP contribution in [-0.2, 0) is 16.6 Å². The average molecular weight is 394 g/mol. The first-order valence-electron chi connectivity index (χ1n) is 9.88. The Morgan fingerprint density at radius 1 is 1.17 bits per heavy atom. The van der Waals surface area contributed by atoms with Gasteiger partial charge in [0.05, 0.1) is 30.5 Å². The molecule has 0 radical (unpaired) electrons. The summed E-state index contributed by atoms with van der Waals surface area (Å²) >= 11 is 0. The van der Waals surface area contributed by atoms with Crippen molar-refractivity contribution in [1.82, 2.24) is 24.4 Å². The third-order valence-corrected chi connectivity index (χ3v) is 5.50. The Morgan fingerprint density at radius 2 is 1.97 bits per heavy atom. The predicted octanol–water partition coefficient (Wildman–Crippen LogP) is 2.33. The minimum absolute atomic E-state index is 0.0220. The van der Waals surface area contributed by atoms with Crippen molar-refractivity contribution in [2.75, 3.05) is 38.7 Å². The second kappa shape index (κ2) is 8.67. The average Bonchev–Trinajstić information content (AvgIpc) is 3.18. The summed E-state index contributed by atoms with van der Waals surface area (Å²) in [5, 5.41) is 4.91. The topological polar surface area (TPSA) is 85.2 Å². The number of rotatable bonds is 6. The van der Waals surface area contributed by atoms with Gasteiger partial charge in [-0.05, 0) is 43.5 Å². The van der Waals surface area contributed by atoms with Gasteiger partial charge in [0.15, 0.2) is 0 Å². The first-order valence-corrected chi connectivity index (χ1v) is 9.88. The van der Waals surface area contributed by atoms with E-state index >= 15 is 0 Å². The number of ether oxygens (including phenoxy) is 1. The highest BCUT2D eigenvalue weighted by molar-refractivity contribution is 5.94. The van der Waals surface area contributed by atoms with Gasteiger partial charge in [0.1, 0.15) is 5.82 Å². The van der Waals surface area contributed by atoms with Crippen molar-refractivity contribution in [3.63, 3.8) is 0 Å². The van der Waals surface area contributed by atoms with E-state index in [0.717, 1.165) is 61.2 Å². The van der Waals surface area contributed by atoms with Crippen molar-refractivity contribution >= 4 is 22.5 Å². The second-order valence-electron chi connectivity index (χ2n) is 7.47. The lowest BCUT2D eigenvalue weighted by Crippen LogP contribution is -2.39. The van der Waals surface area contributed by atoms with Gasteiger partial charge in [0.25, 0.3) is 0 Å². The van der Waals surface area contributed by atoms with Crippen molar-refractivity contribution in [2.45, 2.75) is 12.8 Å². The van der Waals surface area contributed by atoms with Gasteiger partial charge in [-0.3, -0.25) is 9.78 Å². The number of fused-ring (bicyclic) bond motifs is 1. The minimum atomic E-state index is 0.0220. The highest BCUT2D eigenvalue weighted by atomic mass is 16.5. The number of piperidine rings is 1. The zero-order valence-electron chi connectivity index (χ0n) is 16.8. The Labute approximate surface area is 169 Å². The van der Waals surface area contributed by atoms with E-state index in [2.05, 4.69) is 25.2 Å². The van der Waals surface area contributed by atoms with Crippen LogP contribution in [-0.4, -0.2) is 63.7 Å². The summed E-state index contributed by atoms with van der Waals surface area (Å²) < 4.78 is 7.06. The molecule has 1 aliphatic heterocycles. The number of aromatic nitrogens is 4. The van der Waals surface area contributed by atoms with Crippen LogP contribution in [0.15, 0.2) is 37.1 Å². The standard InChI is InChI=1S/C21H26N6O2/c1-26-14-22-13-19(26)18-9-16-10-20(24-12-17(16)11-23-18)25-21(28)15-3-5-27(6-4-15)7-8-29-2/h9-15H,3-8H2,1-2H3,(H,24,25,28). The highest BCUT2D eigenvalue weighted by Crippen LogP contribution is 2.24. The molecule has 0 spiro atoms. The van der Waals surface area contributed by atoms with Crippen molar-refractivity contribution < 1.29 is 9.53 Å². The molecule has 1 saturated heterocycles. The van der Waals surface area contributed by atoms with Crippen LogP contribution in [0.3, 0.4) is 0 Å². The molecule has 0 atom stereocenters. The van der Waals surface area contributed by atoms with Gasteiger partial charge in [-0.1, -0.05) is 0 Å². The predicted molar refractivity (Wildman–Crippen MR) is 111 cm³/mol. The largest absolute Gasteiger partial charge is 0.383 e. The third kappa shape index (κ3) is 4.44. The summed E-state index contributed by atoms with van der Waals surface area (Å²) in [5.41, 5.74) is 1.78. The normalized spacial score (nSPS) is 15.7. The van der Waals surface area contributed by atoms with Crippen molar-refractivity contribution in [3.8, 4) is 11.4 Å². The third-order valence-electron chi connectivity index (χ3n) is 5.50. The van der Waals surface area contributed by atoms with Crippen molar-refractivity contribution in [1.29, 1.82) is 0 Å². The smallest absolute Gasteiger partial charge is 0.228 e. The molecule has 152 valence electrons. The summed E-state index contributed by atoms with van der Waals surface area (Å²) in [6, 6.07) is 3.90. The number of hydrogen-bond acceptors (Lipinski definition) is 6. The number of anilines is 1. The monoisotopic (exact) mass is 394 g/mol. The molecule has 0 aromatic carbocycles. The van der Waals surface area contributed by atoms with E-state index in [1.165, 1.54) is 0 Å².